The minimum Gasteiger partial charge on any atom is -0.497 e. The third-order valence-electron chi connectivity index (χ3n) is 2.98. The summed E-state index contributed by atoms with van der Waals surface area (Å²) in [6, 6.07) is 15.3. The van der Waals surface area contributed by atoms with Crippen LogP contribution in [0.25, 0.3) is 0 Å². The monoisotopic (exact) mass is 317 g/mol. The van der Waals surface area contributed by atoms with E-state index in [-0.39, 0.29) is 5.91 Å². The molecule has 0 atom stereocenters. The van der Waals surface area contributed by atoms with E-state index < -0.39 is 0 Å². The van der Waals surface area contributed by atoms with Crippen LogP contribution in [0.15, 0.2) is 53.4 Å². The van der Waals surface area contributed by atoms with Crippen LogP contribution in [0.4, 0.5) is 5.69 Å². The van der Waals surface area contributed by atoms with E-state index in [1.165, 1.54) is 4.90 Å². The molecule has 0 radical (unpaired) electrons. The Morgan fingerprint density at radius 3 is 2.27 bits per heavy atom. The highest BCUT2D eigenvalue weighted by molar-refractivity contribution is 7.99. The van der Waals surface area contributed by atoms with E-state index in [0.29, 0.717) is 23.6 Å². The molecule has 22 heavy (non-hydrogen) atoms. The fraction of sp³-hybridized carbons (Fsp3) is 0.235. The molecule has 2 aromatic rings. The van der Waals surface area contributed by atoms with E-state index in [4.69, 9.17) is 9.47 Å². The smallest absolute Gasteiger partial charge is 0.225 e. The van der Waals surface area contributed by atoms with Gasteiger partial charge in [0.25, 0.3) is 0 Å². The molecule has 0 spiro atoms. The van der Waals surface area contributed by atoms with Gasteiger partial charge in [-0.1, -0.05) is 18.2 Å². The number of nitrogens with one attached hydrogen (secondary N) is 1. The Hall–Kier alpha value is -2.14. The number of thioether (sulfide) groups is 1. The molecule has 1 amide bonds. The van der Waals surface area contributed by atoms with Crippen molar-refractivity contribution in [2.75, 3.05) is 25.3 Å². The van der Waals surface area contributed by atoms with Crippen molar-refractivity contribution in [2.45, 2.75) is 11.3 Å². The maximum absolute atomic E-state index is 12.0. The van der Waals surface area contributed by atoms with Crippen LogP contribution in [0.1, 0.15) is 6.42 Å². The average Bonchev–Trinajstić information content (AvgIpc) is 2.55. The minimum atomic E-state index is -0.0289. The van der Waals surface area contributed by atoms with Gasteiger partial charge in [0.15, 0.2) is 0 Å². The van der Waals surface area contributed by atoms with Gasteiger partial charge < -0.3 is 14.8 Å². The van der Waals surface area contributed by atoms with E-state index in [1.54, 1.807) is 44.2 Å². The van der Waals surface area contributed by atoms with Crippen LogP contribution in [-0.2, 0) is 4.79 Å². The summed E-state index contributed by atoms with van der Waals surface area (Å²) in [6.07, 6.45) is 0.444. The van der Waals surface area contributed by atoms with E-state index in [0.717, 1.165) is 5.75 Å². The Balaban J connectivity index is 1.86. The van der Waals surface area contributed by atoms with Crippen molar-refractivity contribution in [3.8, 4) is 11.5 Å². The molecule has 116 valence electrons. The van der Waals surface area contributed by atoms with Crippen LogP contribution in [0.3, 0.4) is 0 Å². The lowest BCUT2D eigenvalue weighted by Gasteiger charge is -2.09. The molecule has 0 saturated heterocycles. The third kappa shape index (κ3) is 5.00. The van der Waals surface area contributed by atoms with Gasteiger partial charge in [-0.25, -0.2) is 0 Å². The molecule has 0 aliphatic carbocycles. The number of rotatable bonds is 7. The lowest BCUT2D eigenvalue weighted by atomic mass is 10.2. The normalized spacial score (nSPS) is 10.1. The molecule has 0 unspecified atom stereocenters. The van der Waals surface area contributed by atoms with E-state index >= 15 is 0 Å². The van der Waals surface area contributed by atoms with Crippen LogP contribution in [0.2, 0.25) is 0 Å². The minimum absolute atomic E-state index is 0.0289. The molecule has 1 N–H and O–H groups in total. The van der Waals surface area contributed by atoms with Gasteiger partial charge in [0.05, 0.1) is 14.2 Å². The van der Waals surface area contributed by atoms with Crippen molar-refractivity contribution in [2.24, 2.45) is 0 Å². The number of amides is 1. The van der Waals surface area contributed by atoms with Crippen LogP contribution in [-0.4, -0.2) is 25.9 Å². The highest BCUT2D eigenvalue weighted by Crippen LogP contribution is 2.26. The van der Waals surface area contributed by atoms with Gasteiger partial charge >= 0.3 is 0 Å². The number of carbonyl (C=O) groups is 1. The van der Waals surface area contributed by atoms with E-state index in [1.807, 2.05) is 30.3 Å². The zero-order valence-corrected chi connectivity index (χ0v) is 13.5. The Bertz CT molecular complexity index is 594. The van der Waals surface area contributed by atoms with Crippen molar-refractivity contribution >= 4 is 23.4 Å². The van der Waals surface area contributed by atoms with Crippen molar-refractivity contribution in [1.29, 1.82) is 0 Å². The fourth-order valence-electron chi connectivity index (χ4n) is 1.88. The van der Waals surface area contributed by atoms with Gasteiger partial charge in [0.2, 0.25) is 5.91 Å². The number of hydrogen-bond donors (Lipinski definition) is 1. The first-order valence-corrected chi connectivity index (χ1v) is 7.90. The third-order valence-corrected chi connectivity index (χ3v) is 3.99. The van der Waals surface area contributed by atoms with Crippen molar-refractivity contribution in [1.82, 2.24) is 0 Å². The first kappa shape index (κ1) is 16.2. The second-order valence-electron chi connectivity index (χ2n) is 4.56. The van der Waals surface area contributed by atoms with Crippen molar-refractivity contribution < 1.29 is 14.3 Å². The molecular formula is C17H19NO3S. The van der Waals surface area contributed by atoms with Crippen LogP contribution in [0, 0.1) is 0 Å². The van der Waals surface area contributed by atoms with Gasteiger partial charge in [-0.05, 0) is 12.1 Å². The highest BCUT2D eigenvalue weighted by Gasteiger charge is 2.06. The molecule has 0 bridgehead atoms. The van der Waals surface area contributed by atoms with Gasteiger partial charge in [-0.2, -0.15) is 0 Å². The van der Waals surface area contributed by atoms with E-state index in [9.17, 15) is 4.79 Å². The van der Waals surface area contributed by atoms with Gasteiger partial charge in [-0.3, -0.25) is 4.79 Å². The van der Waals surface area contributed by atoms with E-state index in [2.05, 4.69) is 5.32 Å². The maximum Gasteiger partial charge on any atom is 0.225 e. The molecule has 0 aliphatic heterocycles. The molecule has 0 aromatic heterocycles. The predicted octanol–water partition coefficient (Wildman–Crippen LogP) is 3.82. The molecule has 2 rings (SSSR count). The second kappa shape index (κ2) is 8.34. The Morgan fingerprint density at radius 1 is 1.05 bits per heavy atom. The Labute approximate surface area is 134 Å². The van der Waals surface area contributed by atoms with Crippen molar-refractivity contribution in [3.63, 3.8) is 0 Å². The van der Waals surface area contributed by atoms with Gasteiger partial charge in [0, 0.05) is 41.0 Å². The number of ether oxygens (including phenoxy) is 2. The quantitative estimate of drug-likeness (QED) is 0.789. The lowest BCUT2D eigenvalue weighted by Crippen LogP contribution is -2.12. The second-order valence-corrected chi connectivity index (χ2v) is 5.73. The number of anilines is 1. The molecule has 5 heteroatoms. The summed E-state index contributed by atoms with van der Waals surface area (Å²) in [5, 5.41) is 2.87. The zero-order valence-electron chi connectivity index (χ0n) is 12.7. The Kier molecular flexibility index (Phi) is 6.15. The molecule has 0 aliphatic rings. The molecule has 4 nitrogen and oxygen atoms in total. The van der Waals surface area contributed by atoms with Crippen LogP contribution >= 0.6 is 11.8 Å². The standard InChI is InChI=1S/C17H19NO3S/c1-20-14-10-13(11-15(12-14)21-2)18-17(19)8-9-22-16-6-4-3-5-7-16/h3-7,10-12H,8-9H2,1-2H3,(H,18,19). The number of benzene rings is 2. The largest absolute Gasteiger partial charge is 0.497 e. The van der Waals surface area contributed by atoms with Crippen LogP contribution < -0.4 is 14.8 Å². The topological polar surface area (TPSA) is 47.6 Å². The number of methoxy groups -OCH3 is 2. The van der Waals surface area contributed by atoms with Gasteiger partial charge in [-0.15, -0.1) is 11.8 Å². The number of hydrogen-bond acceptors (Lipinski definition) is 4. The number of carbonyl (C=O) groups excluding carboxylic acids is 1. The first-order chi connectivity index (χ1) is 10.7. The summed E-state index contributed by atoms with van der Waals surface area (Å²) in [4.78, 5) is 13.2. The molecule has 0 fully saturated rings. The van der Waals surface area contributed by atoms with Crippen molar-refractivity contribution in [3.05, 3.63) is 48.5 Å². The first-order valence-electron chi connectivity index (χ1n) is 6.92. The zero-order chi connectivity index (χ0) is 15.8. The SMILES string of the molecule is COc1cc(NC(=O)CCSc2ccccc2)cc(OC)c1. The highest BCUT2D eigenvalue weighted by atomic mass is 32.2. The predicted molar refractivity (Wildman–Crippen MR) is 90.0 cm³/mol. The molecular weight excluding hydrogens is 298 g/mol. The molecule has 2 aromatic carbocycles. The summed E-state index contributed by atoms with van der Waals surface area (Å²) >= 11 is 1.66. The molecule has 0 heterocycles. The Morgan fingerprint density at radius 2 is 1.68 bits per heavy atom. The fourth-order valence-corrected chi connectivity index (χ4v) is 2.75. The lowest BCUT2D eigenvalue weighted by molar-refractivity contribution is -0.115. The summed E-state index contributed by atoms with van der Waals surface area (Å²) in [7, 11) is 3.16. The average molecular weight is 317 g/mol. The summed E-state index contributed by atoms with van der Waals surface area (Å²) in [6.45, 7) is 0. The summed E-state index contributed by atoms with van der Waals surface area (Å²) in [5.74, 6) is 2.00. The summed E-state index contributed by atoms with van der Waals surface area (Å²) < 4.78 is 10.4. The maximum atomic E-state index is 12.0. The molecule has 0 saturated carbocycles. The summed E-state index contributed by atoms with van der Waals surface area (Å²) in [5.41, 5.74) is 0.672. The van der Waals surface area contributed by atoms with Gasteiger partial charge in [0.1, 0.15) is 11.5 Å². The van der Waals surface area contributed by atoms with Crippen LogP contribution in [0.5, 0.6) is 11.5 Å².